The lowest BCUT2D eigenvalue weighted by atomic mass is 10.0. The molecule has 0 unspecified atom stereocenters. The number of nitrogens with one attached hydrogen (secondary N) is 2. The minimum Gasteiger partial charge on any atom is -0.506 e. The second-order valence-corrected chi connectivity index (χ2v) is 10.4. The zero-order chi connectivity index (χ0) is 26.1. The fourth-order valence-electron chi connectivity index (χ4n) is 3.32. The first kappa shape index (κ1) is 27.8. The molecule has 0 saturated carbocycles. The molecule has 1 atom stereocenters. The molecule has 5 N–H and O–H groups in total. The molecule has 0 saturated heterocycles. The van der Waals surface area contributed by atoms with Gasteiger partial charge in [-0.3, -0.25) is 10.1 Å². The molecule has 0 aliphatic carbocycles. The topological polar surface area (TPSA) is 114 Å². The number of anilines is 3. The minimum atomic E-state index is -0.722. The standard InChI is InChI=1S/C26H24Br3N3O4/c27-16-10-12-18(13-11-16)31-26(35)36-23(19-14-17(28)15-20(29)25(19)34)8-2-1-3-9-24(33)32-22-7-5-4-6-21(22)30/h3-7,9-15,23,34H,1-2,8,30H2,(H,31,35)(H,32,33)/b9-3+/t23-/m0/s1. The second kappa shape index (κ2) is 13.5. The van der Waals surface area contributed by atoms with E-state index in [4.69, 9.17) is 10.5 Å². The number of carbonyl (C=O) groups is 2. The lowest BCUT2D eigenvalue weighted by Crippen LogP contribution is -2.18. The van der Waals surface area contributed by atoms with Gasteiger partial charge in [-0.05, 0) is 89.8 Å². The maximum atomic E-state index is 12.6. The van der Waals surface area contributed by atoms with Crippen molar-refractivity contribution in [3.8, 4) is 5.75 Å². The third-order valence-corrected chi connectivity index (χ3v) is 6.66. The Morgan fingerprint density at radius 3 is 2.44 bits per heavy atom. The Morgan fingerprint density at radius 2 is 1.72 bits per heavy atom. The fraction of sp³-hybridized carbons (Fsp3) is 0.154. The molecule has 2 amide bonds. The average Bonchev–Trinajstić information content (AvgIpc) is 2.83. The third kappa shape index (κ3) is 8.39. The van der Waals surface area contributed by atoms with E-state index in [0.717, 1.165) is 8.95 Å². The Kier molecular flexibility index (Phi) is 10.4. The molecule has 3 rings (SSSR count). The molecular weight excluding hydrogens is 658 g/mol. The highest BCUT2D eigenvalue weighted by Crippen LogP contribution is 2.38. The Bertz CT molecular complexity index is 1250. The SMILES string of the molecule is Nc1ccccc1NC(=O)/C=C/CCC[C@H](OC(=O)Nc1ccc(Br)cc1)c1cc(Br)cc(Br)c1O. The van der Waals surface area contributed by atoms with Gasteiger partial charge in [0.05, 0.1) is 15.8 Å². The van der Waals surface area contributed by atoms with E-state index in [1.54, 1.807) is 66.7 Å². The largest absolute Gasteiger partial charge is 0.506 e. The van der Waals surface area contributed by atoms with E-state index in [0.29, 0.717) is 46.4 Å². The van der Waals surface area contributed by atoms with Crippen LogP contribution in [0.4, 0.5) is 21.9 Å². The van der Waals surface area contributed by atoms with Gasteiger partial charge in [-0.15, -0.1) is 0 Å². The van der Waals surface area contributed by atoms with Gasteiger partial charge >= 0.3 is 6.09 Å². The number of amides is 2. The summed E-state index contributed by atoms with van der Waals surface area (Å²) in [5.41, 5.74) is 7.92. The van der Waals surface area contributed by atoms with Crippen LogP contribution in [0.1, 0.15) is 30.9 Å². The highest BCUT2D eigenvalue weighted by atomic mass is 79.9. The number of halogens is 3. The molecular formula is C26H24Br3N3O4. The van der Waals surface area contributed by atoms with Crippen LogP contribution in [-0.4, -0.2) is 17.1 Å². The molecule has 188 valence electrons. The van der Waals surface area contributed by atoms with Gasteiger partial charge in [-0.2, -0.15) is 0 Å². The summed E-state index contributed by atoms with van der Waals surface area (Å²) in [6.45, 7) is 0. The highest BCUT2D eigenvalue weighted by molar-refractivity contribution is 9.11. The first-order chi connectivity index (χ1) is 17.2. The van der Waals surface area contributed by atoms with Gasteiger partial charge in [0.2, 0.25) is 5.91 Å². The lowest BCUT2D eigenvalue weighted by Gasteiger charge is -2.20. The van der Waals surface area contributed by atoms with E-state index < -0.39 is 12.2 Å². The van der Waals surface area contributed by atoms with Crippen molar-refractivity contribution in [2.75, 3.05) is 16.4 Å². The maximum absolute atomic E-state index is 12.6. The fourth-order valence-corrected chi connectivity index (χ4v) is 4.84. The maximum Gasteiger partial charge on any atom is 0.412 e. The summed E-state index contributed by atoms with van der Waals surface area (Å²) < 4.78 is 7.79. The van der Waals surface area contributed by atoms with Gasteiger partial charge in [0.15, 0.2) is 0 Å². The van der Waals surface area contributed by atoms with Crippen LogP contribution in [0.2, 0.25) is 0 Å². The predicted octanol–water partition coefficient (Wildman–Crippen LogP) is 7.92. The zero-order valence-corrected chi connectivity index (χ0v) is 23.8. The van der Waals surface area contributed by atoms with Gasteiger partial charge in [-0.25, -0.2) is 4.79 Å². The van der Waals surface area contributed by atoms with Crippen LogP contribution in [0.25, 0.3) is 0 Å². The number of nitrogen functional groups attached to an aromatic ring is 1. The number of para-hydroxylation sites is 2. The molecule has 3 aromatic carbocycles. The number of benzene rings is 3. The van der Waals surface area contributed by atoms with Crippen molar-refractivity contribution in [3.05, 3.63) is 91.8 Å². The van der Waals surface area contributed by atoms with Crippen molar-refractivity contribution in [1.29, 1.82) is 0 Å². The van der Waals surface area contributed by atoms with E-state index >= 15 is 0 Å². The third-order valence-electron chi connectivity index (χ3n) is 5.07. The first-order valence-corrected chi connectivity index (χ1v) is 13.3. The number of phenolic OH excluding ortho intramolecular Hbond substituents is 1. The van der Waals surface area contributed by atoms with Crippen LogP contribution >= 0.6 is 47.8 Å². The Balaban J connectivity index is 1.63. The Labute approximate surface area is 234 Å². The normalized spacial score (nSPS) is 11.8. The van der Waals surface area contributed by atoms with Gasteiger partial charge in [0.1, 0.15) is 11.9 Å². The molecule has 7 nitrogen and oxygen atoms in total. The van der Waals surface area contributed by atoms with Gasteiger partial charge in [-0.1, -0.05) is 50.1 Å². The van der Waals surface area contributed by atoms with Crippen molar-refractivity contribution >= 4 is 76.9 Å². The number of hydrogen-bond acceptors (Lipinski definition) is 5. The Hall–Kier alpha value is -2.82. The number of rotatable bonds is 9. The first-order valence-electron chi connectivity index (χ1n) is 11.0. The summed E-state index contributed by atoms with van der Waals surface area (Å²) >= 11 is 10.1. The monoisotopic (exact) mass is 679 g/mol. The van der Waals surface area contributed by atoms with Gasteiger partial charge in [0, 0.05) is 20.2 Å². The molecule has 0 spiro atoms. The number of phenols is 1. The number of unbranched alkanes of at least 4 members (excludes halogenated alkanes) is 1. The highest BCUT2D eigenvalue weighted by Gasteiger charge is 2.22. The van der Waals surface area contributed by atoms with Gasteiger partial charge < -0.3 is 20.9 Å². The molecule has 0 aliphatic rings. The summed E-state index contributed by atoms with van der Waals surface area (Å²) in [5.74, 6) is -0.293. The van der Waals surface area contributed by atoms with E-state index in [2.05, 4.69) is 58.4 Å². The van der Waals surface area contributed by atoms with Crippen molar-refractivity contribution < 1.29 is 19.4 Å². The number of carbonyl (C=O) groups excluding carboxylic acids is 2. The number of ether oxygens (including phenoxy) is 1. The molecule has 0 aliphatic heterocycles. The molecule has 0 radical (unpaired) electrons. The number of hydrogen-bond donors (Lipinski definition) is 4. The van der Waals surface area contributed by atoms with Crippen LogP contribution in [0.3, 0.4) is 0 Å². The average molecular weight is 682 g/mol. The molecule has 36 heavy (non-hydrogen) atoms. The van der Waals surface area contributed by atoms with Crippen molar-refractivity contribution in [2.24, 2.45) is 0 Å². The van der Waals surface area contributed by atoms with E-state index in [1.807, 2.05) is 0 Å². The van der Waals surface area contributed by atoms with E-state index in [1.165, 1.54) is 6.08 Å². The summed E-state index contributed by atoms with van der Waals surface area (Å²) in [6.07, 6.45) is 3.38. The zero-order valence-electron chi connectivity index (χ0n) is 19.0. The molecule has 3 aromatic rings. The molecule has 0 aromatic heterocycles. The summed E-state index contributed by atoms with van der Waals surface area (Å²) in [6, 6.07) is 17.5. The molecule has 10 heteroatoms. The minimum absolute atomic E-state index is 0.00462. The number of allylic oxidation sites excluding steroid dienone is 1. The van der Waals surface area contributed by atoms with E-state index in [9.17, 15) is 14.7 Å². The van der Waals surface area contributed by atoms with Crippen molar-refractivity contribution in [1.82, 2.24) is 0 Å². The molecule has 0 bridgehead atoms. The number of aromatic hydroxyl groups is 1. The van der Waals surface area contributed by atoms with Crippen LogP contribution in [0.5, 0.6) is 5.75 Å². The molecule has 0 heterocycles. The van der Waals surface area contributed by atoms with Gasteiger partial charge in [0.25, 0.3) is 0 Å². The quantitative estimate of drug-likeness (QED) is 0.104. The van der Waals surface area contributed by atoms with Crippen LogP contribution < -0.4 is 16.4 Å². The van der Waals surface area contributed by atoms with Crippen LogP contribution in [-0.2, 0) is 9.53 Å². The predicted molar refractivity (Wildman–Crippen MR) is 153 cm³/mol. The lowest BCUT2D eigenvalue weighted by molar-refractivity contribution is -0.111. The summed E-state index contributed by atoms with van der Waals surface area (Å²) in [4.78, 5) is 24.8. The van der Waals surface area contributed by atoms with Crippen LogP contribution in [0, 0.1) is 0 Å². The van der Waals surface area contributed by atoms with Crippen LogP contribution in [0.15, 0.2) is 86.2 Å². The Morgan fingerprint density at radius 1 is 1.00 bits per heavy atom. The van der Waals surface area contributed by atoms with Crippen molar-refractivity contribution in [2.45, 2.75) is 25.4 Å². The molecule has 0 fully saturated rings. The van der Waals surface area contributed by atoms with E-state index in [-0.39, 0.29) is 11.7 Å². The second-order valence-electron chi connectivity index (χ2n) is 7.76. The smallest absolute Gasteiger partial charge is 0.412 e. The number of nitrogens with two attached hydrogens (primary N) is 1. The van der Waals surface area contributed by atoms with Crippen molar-refractivity contribution in [3.63, 3.8) is 0 Å². The summed E-state index contributed by atoms with van der Waals surface area (Å²) in [5, 5.41) is 16.0. The summed E-state index contributed by atoms with van der Waals surface area (Å²) in [7, 11) is 0.